The molecule has 0 aromatic heterocycles. The normalized spacial score (nSPS) is 21.2. The molecule has 2 rings (SSSR count). The summed E-state index contributed by atoms with van der Waals surface area (Å²) in [7, 11) is 1.94. The van der Waals surface area contributed by atoms with Crippen LogP contribution in [0.3, 0.4) is 0 Å². The molecule has 0 aromatic rings. The minimum absolute atomic E-state index is 0.00866. The molecule has 150 valence electrons. The van der Waals surface area contributed by atoms with Gasteiger partial charge in [-0.05, 0) is 19.9 Å². The number of morpholine rings is 1. The fourth-order valence-corrected chi connectivity index (χ4v) is 3.39. The van der Waals surface area contributed by atoms with Crippen molar-refractivity contribution in [2.24, 2.45) is 5.92 Å². The lowest BCUT2D eigenvalue weighted by Crippen LogP contribution is -2.55. The maximum absolute atomic E-state index is 12.9. The lowest BCUT2D eigenvalue weighted by atomic mass is 9.94. The van der Waals surface area contributed by atoms with Crippen molar-refractivity contribution in [2.75, 3.05) is 59.6 Å². The molecule has 0 saturated carbocycles. The molecule has 0 aliphatic carbocycles. The van der Waals surface area contributed by atoms with Gasteiger partial charge in [-0.3, -0.25) is 14.4 Å². The molecule has 2 aliphatic heterocycles. The topological polar surface area (TPSA) is 111 Å². The summed E-state index contributed by atoms with van der Waals surface area (Å²) in [6.07, 6.45) is 1.49. The van der Waals surface area contributed by atoms with Gasteiger partial charge in [0.15, 0.2) is 0 Å². The molecule has 0 radical (unpaired) electrons. The van der Waals surface area contributed by atoms with Gasteiger partial charge in [0.1, 0.15) is 0 Å². The van der Waals surface area contributed by atoms with E-state index in [9.17, 15) is 9.59 Å². The largest absolute Gasteiger partial charge is 0.483 e. The second kappa shape index (κ2) is 11.8. The molecular formula is C17H31N3O6. The third-order valence-corrected chi connectivity index (χ3v) is 4.80. The third kappa shape index (κ3) is 6.89. The van der Waals surface area contributed by atoms with Gasteiger partial charge in [-0.1, -0.05) is 0 Å². The number of nitrogens with zero attached hydrogens (tertiary/aromatic N) is 3. The van der Waals surface area contributed by atoms with Gasteiger partial charge in [0.05, 0.1) is 25.9 Å². The highest BCUT2D eigenvalue weighted by molar-refractivity contribution is 5.80. The van der Waals surface area contributed by atoms with Crippen molar-refractivity contribution in [3.63, 3.8) is 0 Å². The minimum atomic E-state index is -0.250. The zero-order valence-corrected chi connectivity index (χ0v) is 15.7. The van der Waals surface area contributed by atoms with Crippen molar-refractivity contribution >= 4 is 18.3 Å². The van der Waals surface area contributed by atoms with Crippen LogP contribution in [-0.2, 0) is 19.1 Å². The zero-order valence-electron chi connectivity index (χ0n) is 15.7. The molecule has 1 unspecified atom stereocenters. The van der Waals surface area contributed by atoms with E-state index in [4.69, 9.17) is 19.7 Å². The molecule has 0 bridgehead atoms. The second-order valence-electron chi connectivity index (χ2n) is 6.63. The monoisotopic (exact) mass is 373 g/mol. The Hall–Kier alpha value is -1.71. The Morgan fingerprint density at radius 1 is 1.27 bits per heavy atom. The number of carboxylic acid groups (broad SMARTS) is 1. The summed E-state index contributed by atoms with van der Waals surface area (Å²) >= 11 is 0. The number of likely N-dealkylation sites (N-methyl/N-ethyl adjacent to an activating group) is 1. The SMILES string of the molecule is CC(=O)N1CCC(C(=O)N2CCOCC2CN(C)CCO)CC1.O=CO. The Morgan fingerprint density at radius 2 is 1.88 bits per heavy atom. The van der Waals surface area contributed by atoms with Crippen molar-refractivity contribution in [3.05, 3.63) is 0 Å². The molecule has 9 heteroatoms. The number of hydrogen-bond donors (Lipinski definition) is 2. The van der Waals surface area contributed by atoms with E-state index in [2.05, 4.69) is 0 Å². The van der Waals surface area contributed by atoms with E-state index < -0.39 is 0 Å². The number of carbonyl (C=O) groups excluding carboxylic acids is 2. The molecule has 0 aromatic carbocycles. The fourth-order valence-electron chi connectivity index (χ4n) is 3.39. The van der Waals surface area contributed by atoms with Crippen LogP contribution in [0.1, 0.15) is 19.8 Å². The first-order valence-electron chi connectivity index (χ1n) is 8.95. The Kier molecular flexibility index (Phi) is 10.2. The van der Waals surface area contributed by atoms with Gasteiger partial charge >= 0.3 is 0 Å². The molecule has 1 atom stereocenters. The van der Waals surface area contributed by atoms with E-state index in [-0.39, 0.29) is 36.9 Å². The fraction of sp³-hybridized carbons (Fsp3) is 0.824. The van der Waals surface area contributed by atoms with E-state index >= 15 is 0 Å². The smallest absolute Gasteiger partial charge is 0.290 e. The highest BCUT2D eigenvalue weighted by Gasteiger charge is 2.34. The third-order valence-electron chi connectivity index (χ3n) is 4.80. The van der Waals surface area contributed by atoms with E-state index in [1.54, 1.807) is 6.92 Å². The van der Waals surface area contributed by atoms with Crippen molar-refractivity contribution in [3.8, 4) is 0 Å². The number of likely N-dealkylation sites (tertiary alicyclic amines) is 1. The number of amides is 2. The highest BCUT2D eigenvalue weighted by atomic mass is 16.5. The van der Waals surface area contributed by atoms with Crippen molar-refractivity contribution in [1.82, 2.24) is 14.7 Å². The highest BCUT2D eigenvalue weighted by Crippen LogP contribution is 2.22. The van der Waals surface area contributed by atoms with E-state index in [1.165, 1.54) is 0 Å². The van der Waals surface area contributed by atoms with Gasteiger partial charge in [-0.25, -0.2) is 0 Å². The van der Waals surface area contributed by atoms with Crippen LogP contribution in [0.25, 0.3) is 0 Å². The van der Waals surface area contributed by atoms with Crippen molar-refractivity contribution in [2.45, 2.75) is 25.8 Å². The molecule has 2 fully saturated rings. The van der Waals surface area contributed by atoms with E-state index in [0.29, 0.717) is 45.9 Å². The molecule has 2 amide bonds. The number of hydrogen-bond acceptors (Lipinski definition) is 6. The number of piperidine rings is 1. The number of aliphatic hydroxyl groups excluding tert-OH is 1. The van der Waals surface area contributed by atoms with E-state index in [1.807, 2.05) is 21.7 Å². The Labute approximate surface area is 154 Å². The Balaban J connectivity index is 0.00000105. The van der Waals surface area contributed by atoms with Crippen LogP contribution in [0.15, 0.2) is 0 Å². The molecule has 2 N–H and O–H groups in total. The van der Waals surface area contributed by atoms with Gasteiger partial charge in [-0.2, -0.15) is 0 Å². The second-order valence-corrected chi connectivity index (χ2v) is 6.63. The van der Waals surface area contributed by atoms with Crippen molar-refractivity contribution < 1.29 is 29.3 Å². The van der Waals surface area contributed by atoms with E-state index in [0.717, 1.165) is 12.8 Å². The number of rotatable bonds is 5. The summed E-state index contributed by atoms with van der Waals surface area (Å²) in [5.41, 5.74) is 0. The molecule has 2 aliphatic rings. The Bertz CT molecular complexity index is 454. The van der Waals surface area contributed by atoms with Crippen LogP contribution in [0.2, 0.25) is 0 Å². The van der Waals surface area contributed by atoms with Gasteiger partial charge in [0.25, 0.3) is 6.47 Å². The number of carbonyl (C=O) groups is 3. The lowest BCUT2D eigenvalue weighted by Gasteiger charge is -2.41. The Morgan fingerprint density at radius 3 is 2.42 bits per heavy atom. The summed E-state index contributed by atoms with van der Waals surface area (Å²) in [4.78, 5) is 38.4. The molecule has 26 heavy (non-hydrogen) atoms. The standard InChI is InChI=1S/C16H29N3O4.CH2O2/c1-13(21)18-5-3-14(4-6-18)16(22)19-8-10-23-12-15(19)11-17(2)7-9-20;2-1-3/h14-15,20H,3-12H2,1-2H3;1H,(H,2,3). The van der Waals surface area contributed by atoms with Crippen LogP contribution in [0.4, 0.5) is 0 Å². The van der Waals surface area contributed by atoms with Crippen LogP contribution in [0.5, 0.6) is 0 Å². The molecule has 0 spiro atoms. The molecular weight excluding hydrogens is 342 g/mol. The first-order chi connectivity index (χ1) is 12.4. The average molecular weight is 373 g/mol. The predicted octanol–water partition coefficient (Wildman–Crippen LogP) is -0.903. The number of ether oxygens (including phenoxy) is 1. The van der Waals surface area contributed by atoms with Gasteiger partial charge < -0.3 is 29.6 Å². The van der Waals surface area contributed by atoms with Crippen LogP contribution in [-0.4, -0.2) is 109 Å². The molecule has 9 nitrogen and oxygen atoms in total. The predicted molar refractivity (Wildman–Crippen MR) is 94.6 cm³/mol. The van der Waals surface area contributed by atoms with Gasteiger partial charge in [0.2, 0.25) is 11.8 Å². The summed E-state index contributed by atoms with van der Waals surface area (Å²) < 4.78 is 5.54. The summed E-state index contributed by atoms with van der Waals surface area (Å²) in [5.74, 6) is 0.291. The van der Waals surface area contributed by atoms with Crippen LogP contribution >= 0.6 is 0 Å². The maximum atomic E-state index is 12.9. The van der Waals surface area contributed by atoms with Crippen molar-refractivity contribution in [1.29, 1.82) is 0 Å². The number of aliphatic hydroxyl groups is 1. The maximum Gasteiger partial charge on any atom is 0.290 e. The van der Waals surface area contributed by atoms with Gasteiger partial charge in [-0.15, -0.1) is 0 Å². The first kappa shape index (κ1) is 22.3. The molecule has 2 heterocycles. The van der Waals surface area contributed by atoms with Crippen LogP contribution in [0, 0.1) is 5.92 Å². The zero-order chi connectivity index (χ0) is 19.5. The average Bonchev–Trinajstić information content (AvgIpc) is 2.62. The summed E-state index contributed by atoms with van der Waals surface area (Å²) in [6.45, 7) is 5.85. The van der Waals surface area contributed by atoms with Gasteiger partial charge in [0, 0.05) is 45.6 Å². The minimum Gasteiger partial charge on any atom is -0.483 e. The quantitative estimate of drug-likeness (QED) is 0.601. The lowest BCUT2D eigenvalue weighted by molar-refractivity contribution is -0.148. The van der Waals surface area contributed by atoms with Crippen LogP contribution < -0.4 is 0 Å². The summed E-state index contributed by atoms with van der Waals surface area (Å²) in [5, 5.41) is 15.9. The summed E-state index contributed by atoms with van der Waals surface area (Å²) in [6, 6.07) is 0.0404. The first-order valence-corrected chi connectivity index (χ1v) is 8.95. The molecule has 2 saturated heterocycles.